The Morgan fingerprint density at radius 2 is 2.00 bits per heavy atom. The lowest BCUT2D eigenvalue weighted by Crippen LogP contribution is -2.35. The van der Waals surface area contributed by atoms with E-state index in [9.17, 15) is 23.3 Å². The highest BCUT2D eigenvalue weighted by molar-refractivity contribution is 7.90. The molecule has 1 aliphatic heterocycles. The Morgan fingerprint density at radius 1 is 1.39 bits per heavy atom. The van der Waals surface area contributed by atoms with Crippen molar-refractivity contribution < 1.29 is 18.1 Å². The summed E-state index contributed by atoms with van der Waals surface area (Å²) >= 11 is 0. The van der Waals surface area contributed by atoms with Crippen LogP contribution in [0.1, 0.15) is 19.3 Å². The van der Waals surface area contributed by atoms with Crippen molar-refractivity contribution in [3.63, 3.8) is 0 Å². The van der Waals surface area contributed by atoms with E-state index >= 15 is 0 Å². The highest BCUT2D eigenvalue weighted by atomic mass is 32.2. The molecule has 1 amide bonds. The number of hydrogen-bond donors (Lipinski definition) is 1. The molecule has 2 N–H and O–H groups in total. The van der Waals surface area contributed by atoms with Gasteiger partial charge in [-0.2, -0.15) is 0 Å². The van der Waals surface area contributed by atoms with E-state index in [2.05, 4.69) is 0 Å². The summed E-state index contributed by atoms with van der Waals surface area (Å²) in [4.78, 5) is 23.4. The van der Waals surface area contributed by atoms with Crippen molar-refractivity contribution in [2.45, 2.75) is 24.2 Å². The number of carbonyl (C=O) groups is 1. The molecule has 0 atom stereocenters. The first kappa shape index (κ1) is 17.2. The van der Waals surface area contributed by atoms with Crippen molar-refractivity contribution in [2.75, 3.05) is 24.2 Å². The largest absolute Gasteiger partial charge is 0.370 e. The maximum atomic E-state index is 11.6. The Labute approximate surface area is 134 Å². The Bertz CT molecular complexity index is 724. The van der Waals surface area contributed by atoms with E-state index in [1.165, 1.54) is 12.1 Å². The van der Waals surface area contributed by atoms with E-state index in [1.54, 1.807) is 0 Å². The van der Waals surface area contributed by atoms with Crippen LogP contribution in [0.3, 0.4) is 0 Å². The molecular formula is C14H19N3O5S. The lowest BCUT2D eigenvalue weighted by molar-refractivity contribution is -0.384. The number of nitro benzene ring substituents is 1. The topological polar surface area (TPSA) is 124 Å². The van der Waals surface area contributed by atoms with Gasteiger partial charge in [-0.25, -0.2) is 8.42 Å². The molecular weight excluding hydrogens is 322 g/mol. The Balaban J connectivity index is 2.23. The van der Waals surface area contributed by atoms with E-state index < -0.39 is 14.8 Å². The maximum absolute atomic E-state index is 11.6. The molecule has 1 aromatic carbocycles. The number of rotatable bonds is 5. The molecule has 1 heterocycles. The SMILES string of the molecule is CS(=O)(=O)c1ccc(N2CCC(CC(N)=O)CC2)c([N+](=O)[O-])c1. The van der Waals surface area contributed by atoms with Gasteiger partial charge in [0.15, 0.2) is 9.84 Å². The number of nitrogens with zero attached hydrogens (tertiary/aromatic N) is 2. The molecule has 0 unspecified atom stereocenters. The third-order valence-electron chi connectivity index (χ3n) is 4.02. The van der Waals surface area contributed by atoms with Crippen LogP contribution in [0.2, 0.25) is 0 Å². The molecule has 0 radical (unpaired) electrons. The van der Waals surface area contributed by atoms with E-state index in [4.69, 9.17) is 5.73 Å². The van der Waals surface area contributed by atoms with E-state index in [-0.39, 0.29) is 22.4 Å². The number of sulfone groups is 1. The van der Waals surface area contributed by atoms with Crippen molar-refractivity contribution in [3.8, 4) is 0 Å². The second-order valence-corrected chi connectivity index (χ2v) is 7.80. The molecule has 1 aliphatic rings. The minimum atomic E-state index is -3.50. The van der Waals surface area contributed by atoms with Gasteiger partial charge in [0.05, 0.1) is 9.82 Å². The molecule has 1 saturated heterocycles. The van der Waals surface area contributed by atoms with Crippen molar-refractivity contribution >= 4 is 27.1 Å². The summed E-state index contributed by atoms with van der Waals surface area (Å²) < 4.78 is 23.1. The molecule has 0 saturated carbocycles. The number of amides is 1. The molecule has 0 spiro atoms. The van der Waals surface area contributed by atoms with E-state index in [0.717, 1.165) is 12.3 Å². The minimum absolute atomic E-state index is 0.0726. The Hall–Kier alpha value is -2.16. The lowest BCUT2D eigenvalue weighted by Gasteiger charge is -2.32. The number of hydrogen-bond acceptors (Lipinski definition) is 6. The van der Waals surface area contributed by atoms with Crippen LogP contribution in [-0.2, 0) is 14.6 Å². The van der Waals surface area contributed by atoms with Gasteiger partial charge >= 0.3 is 0 Å². The van der Waals surface area contributed by atoms with Gasteiger partial charge in [0, 0.05) is 31.8 Å². The van der Waals surface area contributed by atoms with Crippen molar-refractivity contribution in [1.29, 1.82) is 0 Å². The summed E-state index contributed by atoms with van der Waals surface area (Å²) in [5, 5.41) is 11.3. The zero-order valence-electron chi connectivity index (χ0n) is 12.8. The van der Waals surface area contributed by atoms with Crippen LogP contribution >= 0.6 is 0 Å². The number of nitrogens with two attached hydrogens (primary N) is 1. The molecule has 9 heteroatoms. The monoisotopic (exact) mass is 341 g/mol. The number of primary amides is 1. The Morgan fingerprint density at radius 3 is 2.48 bits per heavy atom. The Kier molecular flexibility index (Phi) is 4.88. The van der Waals surface area contributed by atoms with Crippen LogP contribution < -0.4 is 10.6 Å². The van der Waals surface area contributed by atoms with Gasteiger partial charge in [0.25, 0.3) is 5.69 Å². The molecule has 1 aromatic rings. The fourth-order valence-electron chi connectivity index (χ4n) is 2.81. The minimum Gasteiger partial charge on any atom is -0.370 e. The fourth-order valence-corrected chi connectivity index (χ4v) is 3.45. The van der Waals surface area contributed by atoms with Gasteiger partial charge in [-0.15, -0.1) is 0 Å². The maximum Gasteiger partial charge on any atom is 0.293 e. The number of carbonyl (C=O) groups excluding carboxylic acids is 1. The van der Waals surface area contributed by atoms with E-state index in [0.29, 0.717) is 38.0 Å². The van der Waals surface area contributed by atoms with Gasteiger partial charge in [0.1, 0.15) is 5.69 Å². The lowest BCUT2D eigenvalue weighted by atomic mass is 9.93. The summed E-state index contributed by atoms with van der Waals surface area (Å²) in [5.41, 5.74) is 5.37. The van der Waals surface area contributed by atoms with Crippen LogP contribution in [0.5, 0.6) is 0 Å². The summed E-state index contributed by atoms with van der Waals surface area (Å²) in [6.45, 7) is 1.13. The van der Waals surface area contributed by atoms with Gasteiger partial charge in [-0.05, 0) is 30.9 Å². The number of piperidine rings is 1. The second kappa shape index (κ2) is 6.53. The van der Waals surface area contributed by atoms with Gasteiger partial charge in [-0.1, -0.05) is 0 Å². The molecule has 23 heavy (non-hydrogen) atoms. The summed E-state index contributed by atoms with van der Waals surface area (Å²) in [7, 11) is -3.50. The van der Waals surface area contributed by atoms with Gasteiger partial charge < -0.3 is 10.6 Å². The molecule has 2 rings (SSSR count). The quantitative estimate of drug-likeness (QED) is 0.631. The summed E-state index contributed by atoms with van der Waals surface area (Å²) in [5.74, 6) is -0.148. The molecule has 126 valence electrons. The van der Waals surface area contributed by atoms with Crippen molar-refractivity contribution in [2.24, 2.45) is 11.7 Å². The predicted octanol–water partition coefficient (Wildman–Crippen LogP) is 1.09. The fraction of sp³-hybridized carbons (Fsp3) is 0.500. The standard InChI is InChI=1S/C14H19N3O5S/c1-23(21,22)11-2-3-12(13(9-11)17(19)20)16-6-4-10(5-7-16)8-14(15)18/h2-3,9-10H,4-8H2,1H3,(H2,15,18). The molecule has 1 fully saturated rings. The smallest absolute Gasteiger partial charge is 0.293 e. The number of nitro groups is 1. The molecule has 8 nitrogen and oxygen atoms in total. The summed E-state index contributed by atoms with van der Waals surface area (Å²) in [6, 6.07) is 3.95. The van der Waals surface area contributed by atoms with Crippen LogP contribution in [0.25, 0.3) is 0 Å². The third kappa shape index (κ3) is 4.19. The predicted molar refractivity (Wildman–Crippen MR) is 85.0 cm³/mol. The first-order valence-corrected chi connectivity index (χ1v) is 9.09. The number of anilines is 1. The van der Waals surface area contributed by atoms with Crippen LogP contribution in [0.15, 0.2) is 23.1 Å². The highest BCUT2D eigenvalue weighted by Gasteiger charge is 2.26. The van der Waals surface area contributed by atoms with Crippen LogP contribution in [0.4, 0.5) is 11.4 Å². The first-order valence-electron chi connectivity index (χ1n) is 7.20. The number of benzene rings is 1. The summed E-state index contributed by atoms with van der Waals surface area (Å²) in [6.07, 6.45) is 2.77. The van der Waals surface area contributed by atoms with Crippen molar-refractivity contribution in [1.82, 2.24) is 0 Å². The van der Waals surface area contributed by atoms with Crippen LogP contribution in [0, 0.1) is 16.0 Å². The highest BCUT2D eigenvalue weighted by Crippen LogP contribution is 2.33. The second-order valence-electron chi connectivity index (χ2n) is 5.78. The van der Waals surface area contributed by atoms with Gasteiger partial charge in [-0.3, -0.25) is 14.9 Å². The average Bonchev–Trinajstić information content (AvgIpc) is 2.46. The molecule has 0 aliphatic carbocycles. The average molecular weight is 341 g/mol. The zero-order chi connectivity index (χ0) is 17.2. The van der Waals surface area contributed by atoms with Gasteiger partial charge in [0.2, 0.25) is 5.91 Å². The van der Waals surface area contributed by atoms with E-state index in [1.807, 2.05) is 4.90 Å². The zero-order valence-corrected chi connectivity index (χ0v) is 13.6. The normalized spacial score (nSPS) is 16.3. The molecule has 0 bridgehead atoms. The van der Waals surface area contributed by atoms with Crippen LogP contribution in [-0.4, -0.2) is 38.6 Å². The first-order chi connectivity index (χ1) is 10.7. The van der Waals surface area contributed by atoms with Crippen molar-refractivity contribution in [3.05, 3.63) is 28.3 Å². The third-order valence-corrected chi connectivity index (χ3v) is 5.13. The molecule has 0 aromatic heterocycles.